The van der Waals surface area contributed by atoms with Crippen molar-refractivity contribution in [2.24, 2.45) is 0 Å². The molecule has 0 amide bonds. The Kier molecular flexibility index (Phi) is 4.10. The largest absolute Gasteiger partial charge is 0.293 e. The zero-order valence-electron chi connectivity index (χ0n) is 9.40. The molecule has 92 valence electrons. The topological polar surface area (TPSA) is 17.1 Å². The molecule has 0 saturated carbocycles. The lowest BCUT2D eigenvalue weighted by Crippen LogP contribution is -2.08. The fraction of sp³-hybridized carbons (Fsp3) is 0.0714. The van der Waals surface area contributed by atoms with Crippen molar-refractivity contribution in [2.75, 3.05) is 5.75 Å². The zero-order chi connectivity index (χ0) is 13.0. The molecule has 0 unspecified atom stereocenters. The number of rotatable bonds is 4. The maximum atomic E-state index is 13.4. The van der Waals surface area contributed by atoms with E-state index in [9.17, 15) is 13.6 Å². The first-order valence-electron chi connectivity index (χ1n) is 5.33. The van der Waals surface area contributed by atoms with Gasteiger partial charge < -0.3 is 0 Å². The maximum absolute atomic E-state index is 13.4. The lowest BCUT2D eigenvalue weighted by molar-refractivity contribution is 0.101. The molecule has 18 heavy (non-hydrogen) atoms. The van der Waals surface area contributed by atoms with Crippen LogP contribution < -0.4 is 0 Å². The Morgan fingerprint density at radius 2 is 1.56 bits per heavy atom. The van der Waals surface area contributed by atoms with Crippen molar-refractivity contribution in [1.82, 2.24) is 0 Å². The quantitative estimate of drug-likeness (QED) is 0.614. The van der Waals surface area contributed by atoms with E-state index in [4.69, 9.17) is 0 Å². The predicted octanol–water partition coefficient (Wildman–Crippen LogP) is 3.94. The number of halogens is 2. The third-order valence-electron chi connectivity index (χ3n) is 2.35. The van der Waals surface area contributed by atoms with Crippen molar-refractivity contribution in [1.29, 1.82) is 0 Å². The molecule has 2 rings (SSSR count). The summed E-state index contributed by atoms with van der Waals surface area (Å²) in [5.74, 6) is -2.15. The van der Waals surface area contributed by atoms with Crippen molar-refractivity contribution in [3.8, 4) is 0 Å². The van der Waals surface area contributed by atoms with Crippen LogP contribution in [0.25, 0.3) is 0 Å². The van der Waals surface area contributed by atoms with Gasteiger partial charge in [-0.25, -0.2) is 8.78 Å². The second kappa shape index (κ2) is 5.78. The van der Waals surface area contributed by atoms with Gasteiger partial charge in [-0.2, -0.15) is 0 Å². The predicted molar refractivity (Wildman–Crippen MR) is 67.9 cm³/mol. The molecule has 0 atom stereocenters. The van der Waals surface area contributed by atoms with Crippen LogP contribution in [0.5, 0.6) is 0 Å². The van der Waals surface area contributed by atoms with Crippen molar-refractivity contribution in [2.45, 2.75) is 4.90 Å². The van der Waals surface area contributed by atoms with Gasteiger partial charge in [0.25, 0.3) is 0 Å². The molecular formula is C14H10F2OS. The average molecular weight is 264 g/mol. The molecule has 0 aliphatic carbocycles. The van der Waals surface area contributed by atoms with E-state index >= 15 is 0 Å². The van der Waals surface area contributed by atoms with Gasteiger partial charge in [-0.1, -0.05) is 24.3 Å². The third kappa shape index (κ3) is 2.96. The van der Waals surface area contributed by atoms with Crippen LogP contribution >= 0.6 is 11.8 Å². The molecule has 2 aromatic rings. The van der Waals surface area contributed by atoms with Crippen LogP contribution in [0, 0.1) is 11.6 Å². The molecule has 0 aliphatic rings. The third-order valence-corrected chi connectivity index (χ3v) is 3.37. The highest BCUT2D eigenvalue weighted by Gasteiger charge is 2.16. The summed E-state index contributed by atoms with van der Waals surface area (Å²) < 4.78 is 26.7. The normalized spacial score (nSPS) is 10.3. The first kappa shape index (κ1) is 12.8. The number of carbonyl (C=O) groups is 1. The minimum atomic E-state index is -0.811. The molecule has 0 N–H and O–H groups in total. The van der Waals surface area contributed by atoms with Crippen molar-refractivity contribution >= 4 is 17.5 Å². The van der Waals surface area contributed by atoms with Crippen LogP contribution in [-0.4, -0.2) is 11.5 Å². The Bertz CT molecular complexity index is 535. The minimum Gasteiger partial charge on any atom is -0.293 e. The number of benzene rings is 2. The van der Waals surface area contributed by atoms with Crippen molar-refractivity contribution in [3.63, 3.8) is 0 Å². The van der Waals surface area contributed by atoms with Gasteiger partial charge in [0.2, 0.25) is 0 Å². The number of Topliss-reactive ketones (excluding diaryl/α,β-unsaturated/α-hetero) is 1. The summed E-state index contributed by atoms with van der Waals surface area (Å²) in [4.78, 5) is 12.7. The number of hydrogen-bond donors (Lipinski definition) is 0. The van der Waals surface area contributed by atoms with E-state index in [1.807, 2.05) is 30.3 Å². The molecule has 0 heterocycles. The van der Waals surface area contributed by atoms with Crippen LogP contribution in [0.3, 0.4) is 0 Å². The van der Waals surface area contributed by atoms with Crippen LogP contribution in [0.1, 0.15) is 10.4 Å². The van der Waals surface area contributed by atoms with Crippen molar-refractivity contribution in [3.05, 3.63) is 65.7 Å². The van der Waals surface area contributed by atoms with E-state index in [2.05, 4.69) is 0 Å². The van der Waals surface area contributed by atoms with Gasteiger partial charge in [-0.05, 0) is 24.3 Å². The fourth-order valence-corrected chi connectivity index (χ4v) is 2.29. The number of thioether (sulfide) groups is 1. The molecule has 0 spiro atoms. The summed E-state index contributed by atoms with van der Waals surface area (Å²) in [6.07, 6.45) is 0. The maximum Gasteiger partial charge on any atom is 0.178 e. The second-order valence-electron chi connectivity index (χ2n) is 3.62. The molecule has 0 aliphatic heterocycles. The second-order valence-corrected chi connectivity index (χ2v) is 4.67. The Morgan fingerprint density at radius 3 is 2.17 bits per heavy atom. The van der Waals surface area contributed by atoms with Gasteiger partial charge in [0, 0.05) is 4.90 Å². The minimum absolute atomic E-state index is 0.0157. The van der Waals surface area contributed by atoms with Gasteiger partial charge in [0.05, 0.1) is 11.3 Å². The van der Waals surface area contributed by atoms with Gasteiger partial charge in [-0.3, -0.25) is 4.79 Å². The first-order chi connectivity index (χ1) is 8.68. The highest BCUT2D eigenvalue weighted by molar-refractivity contribution is 8.00. The standard InChI is InChI=1S/C14H10F2OS/c15-11-7-4-8-12(16)14(11)13(17)9-18-10-5-2-1-3-6-10/h1-8H,9H2. The van der Waals surface area contributed by atoms with E-state index < -0.39 is 23.0 Å². The average Bonchev–Trinajstić information content (AvgIpc) is 2.37. The molecule has 4 heteroatoms. The molecule has 0 fully saturated rings. The van der Waals surface area contributed by atoms with E-state index in [0.29, 0.717) is 0 Å². The Labute approximate surface area is 108 Å². The Balaban J connectivity index is 2.09. The van der Waals surface area contributed by atoms with Gasteiger partial charge in [-0.15, -0.1) is 11.8 Å². The van der Waals surface area contributed by atoms with Crippen LogP contribution in [0.2, 0.25) is 0 Å². The molecule has 0 bridgehead atoms. The van der Waals surface area contributed by atoms with Crippen LogP contribution in [-0.2, 0) is 0 Å². The summed E-state index contributed by atoms with van der Waals surface area (Å²) >= 11 is 1.26. The molecule has 1 nitrogen and oxygen atoms in total. The summed E-state index contributed by atoms with van der Waals surface area (Å²) in [6.45, 7) is 0. The smallest absolute Gasteiger partial charge is 0.178 e. The highest BCUT2D eigenvalue weighted by Crippen LogP contribution is 2.20. The van der Waals surface area contributed by atoms with Gasteiger partial charge in [0.15, 0.2) is 5.78 Å². The fourth-order valence-electron chi connectivity index (χ4n) is 1.50. The van der Waals surface area contributed by atoms with Crippen LogP contribution in [0.15, 0.2) is 53.4 Å². The van der Waals surface area contributed by atoms with E-state index in [-0.39, 0.29) is 5.75 Å². The van der Waals surface area contributed by atoms with Gasteiger partial charge >= 0.3 is 0 Å². The van der Waals surface area contributed by atoms with E-state index in [1.54, 1.807) is 0 Å². The lowest BCUT2D eigenvalue weighted by atomic mass is 10.1. The number of ketones is 1. The molecule has 0 radical (unpaired) electrons. The monoisotopic (exact) mass is 264 g/mol. The molecular weight excluding hydrogens is 254 g/mol. The Morgan fingerprint density at radius 1 is 0.944 bits per heavy atom. The van der Waals surface area contributed by atoms with E-state index in [1.165, 1.54) is 17.8 Å². The first-order valence-corrected chi connectivity index (χ1v) is 6.32. The zero-order valence-corrected chi connectivity index (χ0v) is 10.2. The lowest BCUT2D eigenvalue weighted by Gasteiger charge is -2.04. The SMILES string of the molecule is O=C(CSc1ccccc1)c1c(F)cccc1F. The number of hydrogen-bond acceptors (Lipinski definition) is 2. The summed E-state index contributed by atoms with van der Waals surface area (Å²) in [6, 6.07) is 12.7. The summed E-state index contributed by atoms with van der Waals surface area (Å²) in [5, 5.41) is 0. The summed E-state index contributed by atoms with van der Waals surface area (Å²) in [5.41, 5.74) is -0.457. The van der Waals surface area contributed by atoms with Gasteiger partial charge in [0.1, 0.15) is 11.6 Å². The molecule has 0 saturated heterocycles. The Hall–Kier alpha value is -1.68. The van der Waals surface area contributed by atoms with Crippen molar-refractivity contribution < 1.29 is 13.6 Å². The molecule has 0 aromatic heterocycles. The summed E-state index contributed by atoms with van der Waals surface area (Å²) in [7, 11) is 0. The van der Waals surface area contributed by atoms with Crippen LogP contribution in [0.4, 0.5) is 8.78 Å². The highest BCUT2D eigenvalue weighted by atomic mass is 32.2. The number of carbonyl (C=O) groups excluding carboxylic acids is 1. The molecule has 2 aromatic carbocycles. The van der Waals surface area contributed by atoms with E-state index in [0.717, 1.165) is 17.0 Å².